The maximum absolute atomic E-state index is 12.8. The molecular weight excluding hydrogens is 319 g/mol. The molecule has 1 aromatic rings. The third-order valence-corrected chi connectivity index (χ3v) is 5.37. The molecule has 0 atom stereocenters. The predicted molar refractivity (Wildman–Crippen MR) is 97.6 cm³/mol. The maximum atomic E-state index is 12.8. The second-order valence-corrected chi connectivity index (χ2v) is 7.18. The largest absolute Gasteiger partial charge is 0.494 e. The Kier molecular flexibility index (Phi) is 7.52. The molecule has 1 aromatic carbocycles. The molecule has 5 heteroatoms. The van der Waals surface area contributed by atoms with Crippen molar-refractivity contribution in [3.05, 3.63) is 30.1 Å². The van der Waals surface area contributed by atoms with Crippen LogP contribution in [0.4, 0.5) is 4.39 Å². The molecule has 0 radical (unpaired) electrons. The van der Waals surface area contributed by atoms with Gasteiger partial charge in [0.15, 0.2) is 0 Å². The van der Waals surface area contributed by atoms with E-state index in [1.54, 1.807) is 12.1 Å². The number of hydrogen-bond donors (Lipinski definition) is 0. The fraction of sp³-hybridized carbons (Fsp3) is 0.700. The molecule has 25 heavy (non-hydrogen) atoms. The minimum absolute atomic E-state index is 0.219. The summed E-state index contributed by atoms with van der Waals surface area (Å²) < 4.78 is 23.9. The zero-order valence-electron chi connectivity index (χ0n) is 15.2. The van der Waals surface area contributed by atoms with Crippen molar-refractivity contribution in [3.63, 3.8) is 0 Å². The molecule has 0 N–H and O–H groups in total. The van der Waals surface area contributed by atoms with E-state index in [0.717, 1.165) is 50.9 Å². The molecule has 2 fully saturated rings. The molecule has 0 bridgehead atoms. The lowest BCUT2D eigenvalue weighted by Crippen LogP contribution is -2.39. The van der Waals surface area contributed by atoms with Crippen LogP contribution in [0.1, 0.15) is 25.7 Å². The molecule has 0 aromatic heterocycles. The number of hydrogen-bond acceptors (Lipinski definition) is 4. The molecule has 2 saturated heterocycles. The van der Waals surface area contributed by atoms with Crippen LogP contribution in [-0.4, -0.2) is 68.9 Å². The molecule has 0 aliphatic carbocycles. The highest BCUT2D eigenvalue weighted by molar-refractivity contribution is 5.21. The smallest absolute Gasteiger partial charge is 0.123 e. The summed E-state index contributed by atoms with van der Waals surface area (Å²) in [6.45, 7) is 9.46. The summed E-state index contributed by atoms with van der Waals surface area (Å²) >= 11 is 0. The van der Waals surface area contributed by atoms with Crippen LogP contribution in [0.15, 0.2) is 24.3 Å². The van der Waals surface area contributed by atoms with Crippen LogP contribution < -0.4 is 4.74 Å². The zero-order chi connectivity index (χ0) is 17.3. The van der Waals surface area contributed by atoms with Crippen molar-refractivity contribution in [1.29, 1.82) is 0 Å². The van der Waals surface area contributed by atoms with Gasteiger partial charge in [0.25, 0.3) is 0 Å². The Morgan fingerprint density at radius 1 is 0.960 bits per heavy atom. The first-order valence-electron chi connectivity index (χ1n) is 9.70. The van der Waals surface area contributed by atoms with Crippen LogP contribution in [0.25, 0.3) is 0 Å². The van der Waals surface area contributed by atoms with E-state index in [1.165, 1.54) is 51.0 Å². The second-order valence-electron chi connectivity index (χ2n) is 7.18. The quantitative estimate of drug-likeness (QED) is 0.673. The first-order valence-corrected chi connectivity index (χ1v) is 9.70. The van der Waals surface area contributed by atoms with E-state index in [1.807, 2.05) is 0 Å². The molecule has 2 aliphatic rings. The fourth-order valence-electron chi connectivity index (χ4n) is 3.70. The number of benzene rings is 1. The van der Waals surface area contributed by atoms with Gasteiger partial charge in [0.05, 0.1) is 19.8 Å². The Balaban J connectivity index is 1.23. The number of rotatable bonds is 8. The number of morpholine rings is 1. The van der Waals surface area contributed by atoms with Gasteiger partial charge in [0, 0.05) is 19.6 Å². The lowest BCUT2D eigenvalue weighted by Gasteiger charge is -2.34. The first kappa shape index (κ1) is 18.6. The van der Waals surface area contributed by atoms with Crippen molar-refractivity contribution in [1.82, 2.24) is 9.80 Å². The Morgan fingerprint density at radius 2 is 1.64 bits per heavy atom. The molecule has 0 spiro atoms. The average Bonchev–Trinajstić information content (AvgIpc) is 2.67. The number of ether oxygens (including phenoxy) is 2. The van der Waals surface area contributed by atoms with Crippen LogP contribution in [0.2, 0.25) is 0 Å². The van der Waals surface area contributed by atoms with Crippen LogP contribution >= 0.6 is 0 Å². The zero-order valence-corrected chi connectivity index (χ0v) is 15.2. The molecule has 2 aliphatic heterocycles. The van der Waals surface area contributed by atoms with Gasteiger partial charge in [0.2, 0.25) is 0 Å². The van der Waals surface area contributed by atoms with Crippen LogP contribution in [0.5, 0.6) is 5.75 Å². The van der Waals surface area contributed by atoms with Crippen molar-refractivity contribution >= 4 is 0 Å². The third-order valence-electron chi connectivity index (χ3n) is 5.37. The minimum Gasteiger partial charge on any atom is -0.494 e. The van der Waals surface area contributed by atoms with E-state index in [-0.39, 0.29) is 5.82 Å². The fourth-order valence-corrected chi connectivity index (χ4v) is 3.70. The summed E-state index contributed by atoms with van der Waals surface area (Å²) in [4.78, 5) is 5.10. The molecule has 0 unspecified atom stereocenters. The van der Waals surface area contributed by atoms with Crippen molar-refractivity contribution in [2.75, 3.05) is 59.1 Å². The van der Waals surface area contributed by atoms with Crippen molar-refractivity contribution in [2.45, 2.75) is 25.7 Å². The minimum atomic E-state index is -0.219. The summed E-state index contributed by atoms with van der Waals surface area (Å²) in [5, 5.41) is 0. The number of nitrogens with zero attached hydrogens (tertiary/aromatic N) is 2. The lowest BCUT2D eigenvalue weighted by molar-refractivity contribution is 0.0335. The van der Waals surface area contributed by atoms with Gasteiger partial charge in [-0.05, 0) is 75.5 Å². The van der Waals surface area contributed by atoms with E-state index >= 15 is 0 Å². The predicted octanol–water partition coefficient (Wildman–Crippen LogP) is 3.03. The van der Waals surface area contributed by atoms with Gasteiger partial charge >= 0.3 is 0 Å². The van der Waals surface area contributed by atoms with Crippen molar-refractivity contribution in [3.8, 4) is 5.75 Å². The van der Waals surface area contributed by atoms with Gasteiger partial charge < -0.3 is 14.4 Å². The molecule has 0 amide bonds. The Hall–Kier alpha value is -1.17. The second kappa shape index (κ2) is 10.1. The maximum Gasteiger partial charge on any atom is 0.123 e. The van der Waals surface area contributed by atoms with Gasteiger partial charge in [-0.1, -0.05) is 0 Å². The Morgan fingerprint density at radius 3 is 2.36 bits per heavy atom. The lowest BCUT2D eigenvalue weighted by atomic mass is 9.93. The summed E-state index contributed by atoms with van der Waals surface area (Å²) in [6, 6.07) is 6.26. The van der Waals surface area contributed by atoms with E-state index in [9.17, 15) is 4.39 Å². The molecule has 2 heterocycles. The monoisotopic (exact) mass is 350 g/mol. The molecular formula is C20H31FN2O2. The first-order chi connectivity index (χ1) is 12.3. The van der Waals surface area contributed by atoms with E-state index in [2.05, 4.69) is 9.80 Å². The van der Waals surface area contributed by atoms with E-state index in [0.29, 0.717) is 6.61 Å². The van der Waals surface area contributed by atoms with E-state index < -0.39 is 0 Å². The van der Waals surface area contributed by atoms with Crippen LogP contribution in [0.3, 0.4) is 0 Å². The summed E-state index contributed by atoms with van der Waals surface area (Å²) in [6.07, 6.45) is 5.00. The normalized spacial score (nSPS) is 20.7. The van der Waals surface area contributed by atoms with Gasteiger partial charge in [-0.25, -0.2) is 4.39 Å². The summed E-state index contributed by atoms with van der Waals surface area (Å²) in [5.41, 5.74) is 0. The van der Waals surface area contributed by atoms with Crippen LogP contribution in [-0.2, 0) is 4.74 Å². The number of piperidine rings is 1. The van der Waals surface area contributed by atoms with Gasteiger partial charge in [-0.15, -0.1) is 0 Å². The topological polar surface area (TPSA) is 24.9 Å². The molecule has 0 saturated carbocycles. The summed E-state index contributed by atoms with van der Waals surface area (Å²) in [7, 11) is 0. The highest BCUT2D eigenvalue weighted by Crippen LogP contribution is 2.21. The Bertz CT molecular complexity index is 483. The molecule has 140 valence electrons. The SMILES string of the molecule is Fc1ccc(OCCCN2CCC(CCN3CCOCC3)CC2)cc1. The average molecular weight is 350 g/mol. The number of halogens is 1. The highest BCUT2D eigenvalue weighted by Gasteiger charge is 2.20. The summed E-state index contributed by atoms with van der Waals surface area (Å²) in [5.74, 6) is 1.42. The Labute approximate surface area is 150 Å². The highest BCUT2D eigenvalue weighted by atomic mass is 19.1. The van der Waals surface area contributed by atoms with Crippen molar-refractivity contribution < 1.29 is 13.9 Å². The molecule has 4 nitrogen and oxygen atoms in total. The number of likely N-dealkylation sites (tertiary alicyclic amines) is 1. The van der Waals surface area contributed by atoms with Gasteiger partial charge in [-0.2, -0.15) is 0 Å². The molecule has 3 rings (SSSR count). The van der Waals surface area contributed by atoms with E-state index in [4.69, 9.17) is 9.47 Å². The van der Waals surface area contributed by atoms with Gasteiger partial charge in [0.1, 0.15) is 11.6 Å². The van der Waals surface area contributed by atoms with Crippen molar-refractivity contribution in [2.24, 2.45) is 5.92 Å². The third kappa shape index (κ3) is 6.57. The standard InChI is InChI=1S/C20H31FN2O2/c21-19-2-4-20(5-3-19)25-15-1-9-22-10-6-18(7-11-22)8-12-23-13-16-24-17-14-23/h2-5,18H,1,6-17H2. The van der Waals surface area contributed by atoms with Gasteiger partial charge in [-0.3, -0.25) is 4.90 Å². The van der Waals surface area contributed by atoms with Crippen LogP contribution in [0, 0.1) is 11.7 Å².